The highest BCUT2D eigenvalue weighted by atomic mass is 35.5. The highest BCUT2D eigenvalue weighted by Crippen LogP contribution is 2.50. The molecule has 2 aliphatic heterocycles. The Hall–Kier alpha value is -3.05. The summed E-state index contributed by atoms with van der Waals surface area (Å²) in [6.07, 6.45) is 0.245. The fraction of sp³-hybridized carbons (Fsp3) is 0.208. The van der Waals surface area contributed by atoms with Gasteiger partial charge in [-0.2, -0.15) is 5.10 Å². The Bertz CT molecular complexity index is 1120. The second-order valence-electron chi connectivity index (χ2n) is 7.29. The van der Waals surface area contributed by atoms with Gasteiger partial charge in [0.2, 0.25) is 6.23 Å². The number of fused-ring (bicyclic) bond motifs is 3. The van der Waals surface area contributed by atoms with Crippen molar-refractivity contribution in [2.45, 2.75) is 25.6 Å². The van der Waals surface area contributed by atoms with Crippen LogP contribution >= 0.6 is 11.6 Å². The Kier molecular flexibility index (Phi) is 4.83. The lowest BCUT2D eigenvalue weighted by Crippen LogP contribution is -2.33. The largest absolute Gasteiger partial charge is 0.490 e. The van der Waals surface area contributed by atoms with Crippen LogP contribution in [-0.2, 0) is 0 Å². The van der Waals surface area contributed by atoms with Gasteiger partial charge in [-0.1, -0.05) is 48.0 Å². The zero-order valence-electron chi connectivity index (χ0n) is 16.4. The molecule has 0 saturated heterocycles. The van der Waals surface area contributed by atoms with Gasteiger partial charge in [-0.3, -0.25) is 0 Å². The Morgan fingerprint density at radius 2 is 1.93 bits per heavy atom. The van der Waals surface area contributed by atoms with Crippen molar-refractivity contribution >= 4 is 17.3 Å². The van der Waals surface area contributed by atoms with E-state index in [1.54, 1.807) is 12.1 Å². The fourth-order valence-electron chi connectivity index (χ4n) is 4.05. The molecule has 2 heterocycles. The lowest BCUT2D eigenvalue weighted by Gasteiger charge is -2.38. The van der Waals surface area contributed by atoms with Crippen LogP contribution in [0.4, 0.5) is 4.39 Å². The average molecular weight is 423 g/mol. The molecule has 0 unspecified atom stereocenters. The lowest BCUT2D eigenvalue weighted by atomic mass is 9.95. The molecule has 0 saturated carbocycles. The molecule has 6 heteroatoms. The van der Waals surface area contributed by atoms with Crippen molar-refractivity contribution in [1.29, 1.82) is 0 Å². The van der Waals surface area contributed by atoms with Crippen molar-refractivity contribution < 1.29 is 13.9 Å². The van der Waals surface area contributed by atoms with Crippen molar-refractivity contribution in [3.63, 3.8) is 0 Å². The first kappa shape index (κ1) is 18.9. The fourth-order valence-corrected chi connectivity index (χ4v) is 4.25. The van der Waals surface area contributed by atoms with E-state index in [-0.39, 0.29) is 11.9 Å². The number of para-hydroxylation sites is 1. The van der Waals surface area contributed by atoms with Crippen molar-refractivity contribution in [3.05, 3.63) is 94.3 Å². The highest BCUT2D eigenvalue weighted by Gasteiger charge is 2.42. The van der Waals surface area contributed by atoms with Gasteiger partial charge in [-0.05, 0) is 42.8 Å². The maximum absolute atomic E-state index is 13.4. The molecule has 0 aromatic heterocycles. The van der Waals surface area contributed by atoms with E-state index in [0.29, 0.717) is 18.1 Å². The van der Waals surface area contributed by atoms with Crippen LogP contribution in [0.1, 0.15) is 42.3 Å². The van der Waals surface area contributed by atoms with E-state index in [1.807, 2.05) is 54.4 Å². The summed E-state index contributed by atoms with van der Waals surface area (Å²) in [7, 11) is 0. The molecule has 2 aliphatic rings. The van der Waals surface area contributed by atoms with Crippen molar-refractivity contribution in [2.24, 2.45) is 5.10 Å². The number of ether oxygens (including phenoxy) is 2. The first-order valence-electron chi connectivity index (χ1n) is 9.93. The molecular weight excluding hydrogens is 403 g/mol. The molecule has 0 amide bonds. The van der Waals surface area contributed by atoms with Gasteiger partial charge in [0.1, 0.15) is 5.82 Å². The molecule has 0 radical (unpaired) electrons. The number of benzene rings is 3. The number of halogens is 2. The summed E-state index contributed by atoms with van der Waals surface area (Å²) < 4.78 is 25.7. The maximum atomic E-state index is 13.4. The molecule has 2 atom stereocenters. The molecule has 30 heavy (non-hydrogen) atoms. The molecule has 3 aromatic carbocycles. The van der Waals surface area contributed by atoms with Crippen LogP contribution in [0.25, 0.3) is 0 Å². The summed E-state index contributed by atoms with van der Waals surface area (Å²) in [6, 6.07) is 20.0. The predicted octanol–water partition coefficient (Wildman–Crippen LogP) is 6.12. The van der Waals surface area contributed by atoms with Gasteiger partial charge in [0.05, 0.1) is 18.4 Å². The van der Waals surface area contributed by atoms with Gasteiger partial charge < -0.3 is 9.47 Å². The quantitative estimate of drug-likeness (QED) is 0.508. The molecule has 0 fully saturated rings. The zero-order valence-corrected chi connectivity index (χ0v) is 17.1. The highest BCUT2D eigenvalue weighted by molar-refractivity contribution is 6.30. The van der Waals surface area contributed by atoms with E-state index in [2.05, 4.69) is 0 Å². The summed E-state index contributed by atoms with van der Waals surface area (Å²) >= 11 is 6.26. The van der Waals surface area contributed by atoms with E-state index < -0.39 is 6.23 Å². The Labute approximate surface area is 179 Å². The summed E-state index contributed by atoms with van der Waals surface area (Å²) in [4.78, 5) is 0. The summed E-state index contributed by atoms with van der Waals surface area (Å²) in [5.74, 6) is 1.19. The zero-order chi connectivity index (χ0) is 20.7. The number of rotatable bonds is 4. The predicted molar refractivity (Wildman–Crippen MR) is 115 cm³/mol. The van der Waals surface area contributed by atoms with E-state index >= 15 is 0 Å². The maximum Gasteiger partial charge on any atom is 0.214 e. The van der Waals surface area contributed by atoms with Crippen LogP contribution in [0.2, 0.25) is 5.02 Å². The van der Waals surface area contributed by atoms with Gasteiger partial charge in [0.15, 0.2) is 11.5 Å². The standard InChI is InChI=1S/C24H20ClFN2O2/c1-2-29-22-8-4-7-19-21-14-20(15-9-11-18(26)12-10-15)27-28(21)24(30-23(19)22)16-5-3-6-17(25)13-16/h3-13,21,24H,2,14H2,1H3/t21-,24-/m0/s1. The molecule has 152 valence electrons. The van der Waals surface area contributed by atoms with Crippen LogP contribution < -0.4 is 9.47 Å². The van der Waals surface area contributed by atoms with Gasteiger partial charge in [-0.25, -0.2) is 9.40 Å². The number of hydrogen-bond acceptors (Lipinski definition) is 4. The minimum Gasteiger partial charge on any atom is -0.490 e. The monoisotopic (exact) mass is 422 g/mol. The summed E-state index contributed by atoms with van der Waals surface area (Å²) in [5, 5.41) is 7.50. The first-order chi connectivity index (χ1) is 14.6. The van der Waals surface area contributed by atoms with E-state index in [0.717, 1.165) is 33.9 Å². The minimum absolute atomic E-state index is 0.0156. The average Bonchev–Trinajstić information content (AvgIpc) is 3.20. The number of hydrazone groups is 1. The number of nitrogens with zero attached hydrogens (tertiary/aromatic N) is 2. The summed E-state index contributed by atoms with van der Waals surface area (Å²) in [6.45, 7) is 2.50. The second-order valence-corrected chi connectivity index (χ2v) is 7.72. The molecular formula is C24H20ClFN2O2. The molecule has 3 aromatic rings. The smallest absolute Gasteiger partial charge is 0.214 e. The van der Waals surface area contributed by atoms with Gasteiger partial charge in [0.25, 0.3) is 0 Å². The molecule has 0 aliphatic carbocycles. The first-order valence-corrected chi connectivity index (χ1v) is 10.3. The lowest BCUT2D eigenvalue weighted by molar-refractivity contribution is -0.0212. The Morgan fingerprint density at radius 1 is 1.13 bits per heavy atom. The Morgan fingerprint density at radius 3 is 2.70 bits per heavy atom. The number of hydrogen-bond donors (Lipinski definition) is 0. The van der Waals surface area contributed by atoms with E-state index in [1.165, 1.54) is 12.1 Å². The van der Waals surface area contributed by atoms with Crippen LogP contribution in [-0.4, -0.2) is 17.3 Å². The van der Waals surface area contributed by atoms with Crippen molar-refractivity contribution in [1.82, 2.24) is 5.01 Å². The second kappa shape index (κ2) is 7.65. The third-order valence-corrected chi connectivity index (χ3v) is 5.63. The third kappa shape index (κ3) is 3.29. The van der Waals surface area contributed by atoms with E-state index in [4.69, 9.17) is 26.2 Å². The van der Waals surface area contributed by atoms with E-state index in [9.17, 15) is 4.39 Å². The molecule has 0 spiro atoms. The van der Waals surface area contributed by atoms with Gasteiger partial charge >= 0.3 is 0 Å². The molecule has 0 bridgehead atoms. The van der Waals surface area contributed by atoms with Crippen molar-refractivity contribution in [3.8, 4) is 11.5 Å². The van der Waals surface area contributed by atoms with Gasteiger partial charge in [-0.15, -0.1) is 0 Å². The summed E-state index contributed by atoms with van der Waals surface area (Å²) in [5.41, 5.74) is 3.73. The third-order valence-electron chi connectivity index (χ3n) is 5.39. The van der Waals surface area contributed by atoms with Crippen molar-refractivity contribution in [2.75, 3.05) is 6.61 Å². The minimum atomic E-state index is -0.444. The molecule has 4 nitrogen and oxygen atoms in total. The van der Waals surface area contributed by atoms with Crippen LogP contribution in [0, 0.1) is 5.82 Å². The van der Waals surface area contributed by atoms with Crippen LogP contribution in [0.15, 0.2) is 71.8 Å². The topological polar surface area (TPSA) is 34.1 Å². The SMILES string of the molecule is CCOc1cccc2c1O[C@@H](c1cccc(Cl)c1)N1N=C(c3ccc(F)cc3)C[C@@H]21. The normalized spacial score (nSPS) is 19.6. The van der Waals surface area contributed by atoms with Crippen LogP contribution in [0.3, 0.4) is 0 Å². The van der Waals surface area contributed by atoms with Gasteiger partial charge in [0, 0.05) is 22.6 Å². The molecule has 0 N–H and O–H groups in total. The molecule has 5 rings (SSSR count). The van der Waals surface area contributed by atoms with Crippen LogP contribution in [0.5, 0.6) is 11.5 Å². The Balaban J connectivity index is 1.61.